The maximum absolute atomic E-state index is 12.7. The lowest BCUT2D eigenvalue weighted by molar-refractivity contribution is 0.0652. The van der Waals surface area contributed by atoms with E-state index in [1.807, 2.05) is 37.4 Å². The number of carbonyl (C=O) groups is 1. The van der Waals surface area contributed by atoms with E-state index in [1.165, 1.54) is 4.90 Å². The molecule has 0 aliphatic rings. The van der Waals surface area contributed by atoms with E-state index in [0.29, 0.717) is 5.69 Å². The van der Waals surface area contributed by atoms with Gasteiger partial charge in [-0.25, -0.2) is 0 Å². The van der Waals surface area contributed by atoms with E-state index in [0.717, 1.165) is 17.0 Å². The van der Waals surface area contributed by atoms with Crippen molar-refractivity contribution in [3.05, 3.63) is 47.3 Å². The minimum Gasteiger partial charge on any atom is -0.497 e. The van der Waals surface area contributed by atoms with Crippen LogP contribution in [0.4, 0.5) is 0 Å². The van der Waals surface area contributed by atoms with Crippen molar-refractivity contribution in [2.45, 2.75) is 25.8 Å². The molecular formula is C18H25N3O3. The van der Waals surface area contributed by atoms with Crippen molar-refractivity contribution in [3.63, 3.8) is 0 Å². The van der Waals surface area contributed by atoms with Crippen LogP contribution in [-0.4, -0.2) is 46.5 Å². The molecule has 1 N–H and O–H groups in total. The Kier molecular flexibility index (Phi) is 5.62. The van der Waals surface area contributed by atoms with Gasteiger partial charge in [0.15, 0.2) is 5.69 Å². The first-order valence-corrected chi connectivity index (χ1v) is 7.95. The largest absolute Gasteiger partial charge is 0.497 e. The SMILES string of the molecule is COc1ccc(C(CO)N(C)C(=O)c2cc(C(C)C)n(C)n2)cc1. The molecule has 0 aliphatic carbocycles. The summed E-state index contributed by atoms with van der Waals surface area (Å²) < 4.78 is 6.87. The highest BCUT2D eigenvalue weighted by Gasteiger charge is 2.25. The third kappa shape index (κ3) is 3.59. The minimum atomic E-state index is -0.437. The molecule has 1 aromatic carbocycles. The lowest BCUT2D eigenvalue weighted by atomic mass is 10.1. The molecule has 6 heteroatoms. The van der Waals surface area contributed by atoms with Crippen LogP contribution in [0.3, 0.4) is 0 Å². The smallest absolute Gasteiger partial charge is 0.274 e. The first-order valence-electron chi connectivity index (χ1n) is 7.95. The first kappa shape index (κ1) is 18.0. The Balaban J connectivity index is 2.25. The number of aliphatic hydroxyl groups excluding tert-OH is 1. The van der Waals surface area contributed by atoms with Gasteiger partial charge in [0, 0.05) is 19.8 Å². The Hall–Kier alpha value is -2.34. The average Bonchev–Trinajstić information content (AvgIpc) is 2.97. The number of methoxy groups -OCH3 is 1. The summed E-state index contributed by atoms with van der Waals surface area (Å²) >= 11 is 0. The van der Waals surface area contributed by atoms with Crippen molar-refractivity contribution in [1.82, 2.24) is 14.7 Å². The van der Waals surface area contributed by atoms with Crippen LogP contribution in [0.1, 0.15) is 47.6 Å². The molecule has 0 saturated carbocycles. The molecule has 1 amide bonds. The molecule has 1 aromatic heterocycles. The second-order valence-electron chi connectivity index (χ2n) is 6.12. The third-order valence-electron chi connectivity index (χ3n) is 4.19. The highest BCUT2D eigenvalue weighted by Crippen LogP contribution is 2.24. The highest BCUT2D eigenvalue weighted by atomic mass is 16.5. The van der Waals surface area contributed by atoms with Crippen LogP contribution >= 0.6 is 0 Å². The number of hydrogen-bond acceptors (Lipinski definition) is 4. The molecule has 1 atom stereocenters. The molecule has 130 valence electrons. The van der Waals surface area contributed by atoms with Crippen molar-refractivity contribution < 1.29 is 14.6 Å². The van der Waals surface area contributed by atoms with Crippen LogP contribution in [0.15, 0.2) is 30.3 Å². The number of rotatable bonds is 6. The second-order valence-corrected chi connectivity index (χ2v) is 6.12. The number of aliphatic hydroxyl groups is 1. The molecule has 0 bridgehead atoms. The Bertz CT molecular complexity index is 692. The number of hydrogen-bond donors (Lipinski definition) is 1. The van der Waals surface area contributed by atoms with Crippen LogP contribution in [0.2, 0.25) is 0 Å². The Morgan fingerprint density at radius 2 is 1.96 bits per heavy atom. The summed E-state index contributed by atoms with van der Waals surface area (Å²) in [5, 5.41) is 14.1. The van der Waals surface area contributed by atoms with Crippen molar-refractivity contribution in [1.29, 1.82) is 0 Å². The number of aromatic nitrogens is 2. The van der Waals surface area contributed by atoms with Crippen molar-refractivity contribution in [2.75, 3.05) is 20.8 Å². The van der Waals surface area contributed by atoms with Gasteiger partial charge in [0.1, 0.15) is 5.75 Å². The maximum Gasteiger partial charge on any atom is 0.274 e. The van der Waals surface area contributed by atoms with E-state index in [-0.39, 0.29) is 18.4 Å². The van der Waals surface area contributed by atoms with Crippen LogP contribution in [0.25, 0.3) is 0 Å². The molecule has 0 fully saturated rings. The molecular weight excluding hydrogens is 306 g/mol. The van der Waals surface area contributed by atoms with Gasteiger partial charge in [0.25, 0.3) is 5.91 Å². The van der Waals surface area contributed by atoms with Gasteiger partial charge in [0.05, 0.1) is 19.8 Å². The molecule has 1 heterocycles. The lowest BCUT2D eigenvalue weighted by Crippen LogP contribution is -2.33. The van der Waals surface area contributed by atoms with Crippen molar-refractivity contribution >= 4 is 5.91 Å². The zero-order valence-electron chi connectivity index (χ0n) is 14.9. The average molecular weight is 331 g/mol. The topological polar surface area (TPSA) is 67.6 Å². The van der Waals surface area contributed by atoms with Crippen LogP contribution in [0.5, 0.6) is 5.75 Å². The number of benzene rings is 1. The molecule has 0 aliphatic heterocycles. The molecule has 6 nitrogen and oxygen atoms in total. The fourth-order valence-corrected chi connectivity index (χ4v) is 2.73. The summed E-state index contributed by atoms with van der Waals surface area (Å²) in [6.45, 7) is 3.95. The van der Waals surface area contributed by atoms with Gasteiger partial charge in [-0.05, 0) is 29.7 Å². The van der Waals surface area contributed by atoms with Crippen LogP contribution in [0, 0.1) is 0 Å². The number of nitrogens with zero attached hydrogens (tertiary/aromatic N) is 3. The summed E-state index contributed by atoms with van der Waals surface area (Å²) in [6, 6.07) is 8.70. The maximum atomic E-state index is 12.7. The normalized spacial score (nSPS) is 12.3. The Morgan fingerprint density at radius 3 is 2.42 bits per heavy atom. The fraction of sp³-hybridized carbons (Fsp3) is 0.444. The summed E-state index contributed by atoms with van der Waals surface area (Å²) in [7, 11) is 5.11. The van der Waals surface area contributed by atoms with E-state index >= 15 is 0 Å². The van der Waals surface area contributed by atoms with E-state index in [4.69, 9.17) is 4.74 Å². The Morgan fingerprint density at radius 1 is 1.33 bits per heavy atom. The zero-order chi connectivity index (χ0) is 17.9. The highest BCUT2D eigenvalue weighted by molar-refractivity contribution is 5.92. The molecule has 24 heavy (non-hydrogen) atoms. The van der Waals surface area contributed by atoms with Crippen molar-refractivity contribution in [2.24, 2.45) is 7.05 Å². The van der Waals surface area contributed by atoms with Gasteiger partial charge in [-0.15, -0.1) is 0 Å². The lowest BCUT2D eigenvalue weighted by Gasteiger charge is -2.26. The van der Waals surface area contributed by atoms with Gasteiger partial charge in [-0.3, -0.25) is 9.48 Å². The fourth-order valence-electron chi connectivity index (χ4n) is 2.73. The molecule has 2 rings (SSSR count). The van der Waals surface area contributed by atoms with E-state index < -0.39 is 6.04 Å². The Labute approximate surface area is 142 Å². The minimum absolute atomic E-state index is 0.168. The van der Waals surface area contributed by atoms with E-state index in [9.17, 15) is 9.90 Å². The molecule has 0 radical (unpaired) electrons. The van der Waals surface area contributed by atoms with Gasteiger partial charge < -0.3 is 14.7 Å². The summed E-state index contributed by atoms with van der Waals surface area (Å²) in [5.74, 6) is 0.799. The summed E-state index contributed by atoms with van der Waals surface area (Å²) in [4.78, 5) is 14.3. The van der Waals surface area contributed by atoms with Gasteiger partial charge in [-0.2, -0.15) is 5.10 Å². The van der Waals surface area contributed by atoms with Crippen LogP contribution < -0.4 is 4.74 Å². The number of likely N-dealkylation sites (N-methyl/N-ethyl adjacent to an activating group) is 1. The van der Waals surface area contributed by atoms with Gasteiger partial charge in [0.2, 0.25) is 0 Å². The monoisotopic (exact) mass is 331 g/mol. The summed E-state index contributed by atoms with van der Waals surface area (Å²) in [5.41, 5.74) is 2.22. The number of aryl methyl sites for hydroxylation is 1. The number of ether oxygens (including phenoxy) is 1. The van der Waals surface area contributed by atoms with Crippen LogP contribution in [-0.2, 0) is 7.05 Å². The van der Waals surface area contributed by atoms with Crippen molar-refractivity contribution in [3.8, 4) is 5.75 Å². The summed E-state index contributed by atoms with van der Waals surface area (Å²) in [6.07, 6.45) is 0. The molecule has 0 spiro atoms. The van der Waals surface area contributed by atoms with E-state index in [2.05, 4.69) is 18.9 Å². The predicted octanol–water partition coefficient (Wildman–Crippen LogP) is 2.36. The zero-order valence-corrected chi connectivity index (χ0v) is 14.9. The van der Waals surface area contributed by atoms with Gasteiger partial charge in [-0.1, -0.05) is 26.0 Å². The number of carbonyl (C=O) groups excluding carboxylic acids is 1. The molecule has 2 aromatic rings. The van der Waals surface area contributed by atoms with Gasteiger partial charge >= 0.3 is 0 Å². The quantitative estimate of drug-likeness (QED) is 0.882. The second kappa shape index (κ2) is 7.49. The predicted molar refractivity (Wildman–Crippen MR) is 92.2 cm³/mol. The molecule has 0 saturated heterocycles. The first-order chi connectivity index (χ1) is 11.4. The third-order valence-corrected chi connectivity index (χ3v) is 4.19. The standard InChI is InChI=1S/C18H25N3O3/c1-12(2)16-10-15(19-21(16)4)18(23)20(3)17(11-22)13-6-8-14(24-5)9-7-13/h6-10,12,17,22H,11H2,1-5H3. The number of amides is 1. The van der Waals surface area contributed by atoms with E-state index in [1.54, 1.807) is 18.8 Å². The molecule has 1 unspecified atom stereocenters.